The smallest absolute Gasteiger partial charge is 0.113 e. The van der Waals surface area contributed by atoms with E-state index in [9.17, 15) is 15.3 Å². The minimum absolute atomic E-state index is 0.409. The number of aliphatic hydroxyl groups excluding tert-OH is 4. The molecule has 0 unspecified atom stereocenters. The van der Waals surface area contributed by atoms with Gasteiger partial charge in [-0.05, 0) is 18.1 Å². The predicted molar refractivity (Wildman–Crippen MR) is 63.9 cm³/mol. The maximum Gasteiger partial charge on any atom is 0.113 e. The lowest BCUT2D eigenvalue weighted by Gasteiger charge is -2.40. The molecule has 0 bridgehead atoms. The number of hydrogen-bond acceptors (Lipinski definition) is 5. The van der Waals surface area contributed by atoms with Gasteiger partial charge >= 0.3 is 0 Å². The summed E-state index contributed by atoms with van der Waals surface area (Å²) in [5, 5.41) is 38.5. The van der Waals surface area contributed by atoms with Crippen LogP contribution < -0.4 is 0 Å². The zero-order valence-corrected chi connectivity index (χ0v) is 10.1. The summed E-state index contributed by atoms with van der Waals surface area (Å²) < 4.78 is 5.49. The first-order chi connectivity index (χ1) is 8.56. The number of ether oxygens (including phenoxy) is 1. The van der Waals surface area contributed by atoms with Crippen LogP contribution in [-0.2, 0) is 4.74 Å². The Bertz CT molecular complexity index is 406. The van der Waals surface area contributed by atoms with Crippen LogP contribution in [0.4, 0.5) is 0 Å². The Kier molecular flexibility index (Phi) is 3.99. The number of aliphatic hydroxyl groups is 4. The summed E-state index contributed by atoms with van der Waals surface area (Å²) in [5.41, 5.74) is 1.66. The van der Waals surface area contributed by atoms with Gasteiger partial charge in [-0.25, -0.2) is 0 Å². The normalized spacial score (nSPS) is 36.6. The molecule has 2 rings (SSSR count). The van der Waals surface area contributed by atoms with Gasteiger partial charge in [-0.1, -0.05) is 24.3 Å². The molecule has 0 saturated carbocycles. The molecule has 1 aliphatic heterocycles. The molecular weight excluding hydrogens is 236 g/mol. The second-order valence-corrected chi connectivity index (χ2v) is 4.61. The lowest BCUT2D eigenvalue weighted by atomic mass is 9.89. The van der Waals surface area contributed by atoms with Gasteiger partial charge in [-0.3, -0.25) is 0 Å². The maximum atomic E-state index is 9.98. The molecule has 5 heteroatoms. The molecule has 0 amide bonds. The van der Waals surface area contributed by atoms with Crippen molar-refractivity contribution in [1.82, 2.24) is 0 Å². The molecule has 0 aliphatic carbocycles. The third-order valence-corrected chi connectivity index (χ3v) is 3.39. The molecule has 4 N–H and O–H groups in total. The van der Waals surface area contributed by atoms with E-state index in [4.69, 9.17) is 9.84 Å². The summed E-state index contributed by atoms with van der Waals surface area (Å²) in [7, 11) is 0. The van der Waals surface area contributed by atoms with Crippen molar-refractivity contribution in [1.29, 1.82) is 0 Å². The SMILES string of the molecule is Cc1ccccc1[C@@H]1O[C@H](CO)[C@@H](O)[C@H](O)[C@H]1O. The molecular formula is C13H18O5. The van der Waals surface area contributed by atoms with Gasteiger partial charge in [-0.2, -0.15) is 0 Å². The van der Waals surface area contributed by atoms with Crippen LogP contribution >= 0.6 is 0 Å². The number of benzene rings is 1. The molecule has 1 heterocycles. The van der Waals surface area contributed by atoms with Crippen molar-refractivity contribution < 1.29 is 25.2 Å². The van der Waals surface area contributed by atoms with Crippen LogP contribution in [-0.4, -0.2) is 51.4 Å². The molecule has 5 nitrogen and oxygen atoms in total. The molecule has 0 radical (unpaired) electrons. The molecule has 18 heavy (non-hydrogen) atoms. The van der Waals surface area contributed by atoms with Crippen molar-refractivity contribution in [2.24, 2.45) is 0 Å². The lowest BCUT2D eigenvalue weighted by Crippen LogP contribution is -2.55. The third kappa shape index (κ3) is 2.28. The first-order valence-corrected chi connectivity index (χ1v) is 5.92. The minimum Gasteiger partial charge on any atom is -0.394 e. The predicted octanol–water partition coefficient (Wildman–Crippen LogP) is -0.490. The fraction of sp³-hybridized carbons (Fsp3) is 0.538. The Hall–Kier alpha value is -0.980. The first kappa shape index (κ1) is 13.5. The van der Waals surface area contributed by atoms with Crippen molar-refractivity contribution in [2.45, 2.75) is 37.4 Å². The molecule has 5 atom stereocenters. The van der Waals surface area contributed by atoms with Gasteiger partial charge < -0.3 is 25.2 Å². The van der Waals surface area contributed by atoms with Gasteiger partial charge in [0.15, 0.2) is 0 Å². The second-order valence-electron chi connectivity index (χ2n) is 4.61. The summed E-state index contributed by atoms with van der Waals surface area (Å²) >= 11 is 0. The van der Waals surface area contributed by atoms with Gasteiger partial charge in [0.1, 0.15) is 30.5 Å². The molecule has 0 aromatic heterocycles. The van der Waals surface area contributed by atoms with Crippen molar-refractivity contribution in [3.8, 4) is 0 Å². The zero-order chi connectivity index (χ0) is 13.3. The van der Waals surface area contributed by atoms with Gasteiger partial charge in [0, 0.05) is 0 Å². The number of aryl methyl sites for hydroxylation is 1. The second kappa shape index (κ2) is 5.34. The molecule has 1 aromatic rings. The highest BCUT2D eigenvalue weighted by Gasteiger charge is 2.44. The quantitative estimate of drug-likeness (QED) is 0.572. The molecule has 1 aromatic carbocycles. The summed E-state index contributed by atoms with van der Waals surface area (Å²) in [5.74, 6) is 0. The Labute approximate surface area is 105 Å². The van der Waals surface area contributed by atoms with Gasteiger partial charge in [0.25, 0.3) is 0 Å². The zero-order valence-electron chi connectivity index (χ0n) is 10.1. The highest BCUT2D eigenvalue weighted by molar-refractivity contribution is 5.29. The standard InChI is InChI=1S/C13H18O5/c1-7-4-2-3-5-8(7)13-12(17)11(16)10(15)9(6-14)18-13/h2-5,9-17H,6H2,1H3/t9-,10-,11+,12-,13+/m1/s1. The van der Waals surface area contributed by atoms with E-state index >= 15 is 0 Å². The van der Waals surface area contributed by atoms with E-state index in [1.54, 1.807) is 6.07 Å². The fourth-order valence-electron chi connectivity index (χ4n) is 2.26. The molecule has 1 aliphatic rings. The van der Waals surface area contributed by atoms with E-state index in [-0.39, 0.29) is 0 Å². The van der Waals surface area contributed by atoms with Crippen molar-refractivity contribution in [2.75, 3.05) is 6.61 Å². The van der Waals surface area contributed by atoms with Crippen LogP contribution in [0.2, 0.25) is 0 Å². The number of hydrogen-bond donors (Lipinski definition) is 4. The van der Waals surface area contributed by atoms with Crippen LogP contribution in [0.3, 0.4) is 0 Å². The molecule has 1 fully saturated rings. The van der Waals surface area contributed by atoms with Crippen LogP contribution in [0.5, 0.6) is 0 Å². The van der Waals surface area contributed by atoms with Crippen LogP contribution in [0.1, 0.15) is 17.2 Å². The van der Waals surface area contributed by atoms with Crippen molar-refractivity contribution in [3.05, 3.63) is 35.4 Å². The van der Waals surface area contributed by atoms with E-state index < -0.39 is 37.1 Å². The first-order valence-electron chi connectivity index (χ1n) is 5.92. The molecule has 1 saturated heterocycles. The van der Waals surface area contributed by atoms with E-state index in [0.717, 1.165) is 11.1 Å². The van der Waals surface area contributed by atoms with E-state index in [1.807, 2.05) is 25.1 Å². The summed E-state index contributed by atoms with van der Waals surface area (Å²) in [6.45, 7) is 1.46. The van der Waals surface area contributed by atoms with Crippen molar-refractivity contribution in [3.63, 3.8) is 0 Å². The lowest BCUT2D eigenvalue weighted by molar-refractivity contribution is -0.231. The summed E-state index contributed by atoms with van der Waals surface area (Å²) in [6.07, 6.45) is -5.48. The van der Waals surface area contributed by atoms with E-state index in [0.29, 0.717) is 0 Å². The summed E-state index contributed by atoms with van der Waals surface area (Å²) in [4.78, 5) is 0. The van der Waals surface area contributed by atoms with Crippen LogP contribution in [0.25, 0.3) is 0 Å². The Balaban J connectivity index is 2.30. The molecule has 100 valence electrons. The van der Waals surface area contributed by atoms with E-state index in [1.165, 1.54) is 0 Å². The average Bonchev–Trinajstić information content (AvgIpc) is 2.38. The Morgan fingerprint density at radius 3 is 2.33 bits per heavy atom. The van der Waals surface area contributed by atoms with Gasteiger partial charge in [0.2, 0.25) is 0 Å². The third-order valence-electron chi connectivity index (χ3n) is 3.39. The topological polar surface area (TPSA) is 90.2 Å². The van der Waals surface area contributed by atoms with Gasteiger partial charge in [0.05, 0.1) is 6.61 Å². The fourth-order valence-corrected chi connectivity index (χ4v) is 2.26. The Morgan fingerprint density at radius 2 is 1.72 bits per heavy atom. The molecule has 0 spiro atoms. The average molecular weight is 254 g/mol. The van der Waals surface area contributed by atoms with Crippen LogP contribution in [0.15, 0.2) is 24.3 Å². The highest BCUT2D eigenvalue weighted by Crippen LogP contribution is 2.33. The minimum atomic E-state index is -1.33. The maximum absolute atomic E-state index is 9.98. The summed E-state index contributed by atoms with van der Waals surface area (Å²) in [6, 6.07) is 7.34. The van der Waals surface area contributed by atoms with E-state index in [2.05, 4.69) is 0 Å². The van der Waals surface area contributed by atoms with Crippen molar-refractivity contribution >= 4 is 0 Å². The number of rotatable bonds is 2. The highest BCUT2D eigenvalue weighted by atomic mass is 16.5. The monoisotopic (exact) mass is 254 g/mol. The van der Waals surface area contributed by atoms with Crippen LogP contribution in [0, 0.1) is 6.92 Å². The Morgan fingerprint density at radius 1 is 1.06 bits per heavy atom. The van der Waals surface area contributed by atoms with Gasteiger partial charge in [-0.15, -0.1) is 0 Å². The largest absolute Gasteiger partial charge is 0.394 e.